The first kappa shape index (κ1) is 36.6. The molecular weight excluding hydrogens is 747 g/mol. The lowest BCUT2D eigenvalue weighted by Gasteiger charge is -2.44. The summed E-state index contributed by atoms with van der Waals surface area (Å²) in [6.07, 6.45) is 0. The first-order valence-corrected chi connectivity index (χ1v) is 21.9. The molecule has 1 aliphatic rings. The second-order valence-electron chi connectivity index (χ2n) is 18.2. The normalized spacial score (nSPS) is 15.2. The number of anilines is 3. The fourth-order valence-corrected chi connectivity index (χ4v) is 11.1. The molecule has 0 aliphatic heterocycles. The first-order chi connectivity index (χ1) is 29.0. The van der Waals surface area contributed by atoms with Gasteiger partial charge in [0.15, 0.2) is 0 Å². The summed E-state index contributed by atoms with van der Waals surface area (Å²) in [6, 6.07) is 64.7. The number of benzene rings is 8. The van der Waals surface area contributed by atoms with Crippen molar-refractivity contribution in [2.75, 3.05) is 4.90 Å². The summed E-state index contributed by atoms with van der Waals surface area (Å²) in [5, 5.41) is 4.86. The Labute approximate surface area is 356 Å². The minimum absolute atomic E-state index is 0.00627. The van der Waals surface area contributed by atoms with Crippen molar-refractivity contribution in [2.45, 2.75) is 52.4 Å². The van der Waals surface area contributed by atoms with Crippen molar-refractivity contribution < 1.29 is 4.42 Å². The Morgan fingerprint density at radius 2 is 1.00 bits per heavy atom. The van der Waals surface area contributed by atoms with Crippen molar-refractivity contribution >= 4 is 70.5 Å². The van der Waals surface area contributed by atoms with Crippen LogP contribution >= 0.6 is 11.3 Å². The lowest BCUT2D eigenvalue weighted by Crippen LogP contribution is -2.42. The monoisotopic (exact) mass is 793 g/mol. The van der Waals surface area contributed by atoms with E-state index in [1.54, 1.807) is 0 Å². The molecular formula is C57H47NOS. The zero-order valence-corrected chi connectivity index (χ0v) is 35.8. The highest BCUT2D eigenvalue weighted by Crippen LogP contribution is 2.63. The Balaban J connectivity index is 1.18. The highest BCUT2D eigenvalue weighted by atomic mass is 32.1. The number of nitrogens with zero attached hydrogens (tertiary/aromatic N) is 1. The summed E-state index contributed by atoms with van der Waals surface area (Å²) in [7, 11) is 0. The molecule has 0 amide bonds. The third-order valence-electron chi connectivity index (χ3n) is 14.6. The molecule has 292 valence electrons. The standard InChI is InChI=1S/C57H47NOS/c1-55(2)48-34-46(39-19-14-18-38(32-39)42-22-15-23-45-43-20-10-12-24-51(43)59-54(42)45)50(35-49(48)56(3,4)57(55,5)6)58(40-28-26-37(27-29-40)36-16-8-7-9-17-36)41-30-31-53-47(33-41)44-21-11-13-25-52(44)60-53/h7-35H,1-6H3. The van der Waals surface area contributed by atoms with Crippen LogP contribution in [-0.2, 0) is 10.8 Å². The Bertz CT molecular complexity index is 3290. The molecule has 11 rings (SSSR count). The highest BCUT2D eigenvalue weighted by molar-refractivity contribution is 7.25. The molecule has 2 nitrogen and oxygen atoms in total. The Hall–Kier alpha value is -6.42. The third-order valence-corrected chi connectivity index (χ3v) is 15.7. The van der Waals surface area contributed by atoms with Crippen molar-refractivity contribution in [3.63, 3.8) is 0 Å². The van der Waals surface area contributed by atoms with Gasteiger partial charge in [0.25, 0.3) is 0 Å². The van der Waals surface area contributed by atoms with E-state index in [2.05, 4.69) is 216 Å². The number of para-hydroxylation sites is 2. The van der Waals surface area contributed by atoms with Gasteiger partial charge in [-0.3, -0.25) is 0 Å². The van der Waals surface area contributed by atoms with Crippen LogP contribution in [0.1, 0.15) is 52.7 Å². The molecule has 60 heavy (non-hydrogen) atoms. The lowest BCUT2D eigenvalue weighted by molar-refractivity contribution is 0.125. The van der Waals surface area contributed by atoms with Crippen LogP contribution in [0.15, 0.2) is 180 Å². The minimum Gasteiger partial charge on any atom is -0.455 e. The molecule has 10 aromatic rings. The summed E-state index contributed by atoms with van der Waals surface area (Å²) in [6.45, 7) is 14.7. The van der Waals surface area contributed by atoms with E-state index in [1.165, 1.54) is 59.2 Å². The van der Waals surface area contributed by atoms with Crippen LogP contribution < -0.4 is 4.90 Å². The van der Waals surface area contributed by atoms with Crippen LogP contribution in [0, 0.1) is 5.41 Å². The van der Waals surface area contributed by atoms with Gasteiger partial charge in [-0.2, -0.15) is 0 Å². The van der Waals surface area contributed by atoms with Gasteiger partial charge in [-0.25, -0.2) is 0 Å². The Kier molecular flexibility index (Phi) is 8.12. The minimum atomic E-state index is -0.0890. The van der Waals surface area contributed by atoms with Crippen LogP contribution in [0.2, 0.25) is 0 Å². The maximum atomic E-state index is 6.59. The molecule has 3 heteroatoms. The van der Waals surface area contributed by atoms with E-state index >= 15 is 0 Å². The molecule has 0 spiro atoms. The summed E-state index contributed by atoms with van der Waals surface area (Å²) >= 11 is 1.86. The molecule has 2 heterocycles. The summed E-state index contributed by atoms with van der Waals surface area (Å²) in [4.78, 5) is 2.51. The van der Waals surface area contributed by atoms with E-state index in [4.69, 9.17) is 4.42 Å². The summed E-state index contributed by atoms with van der Waals surface area (Å²) < 4.78 is 9.19. The zero-order chi connectivity index (χ0) is 41.0. The maximum absolute atomic E-state index is 6.59. The summed E-state index contributed by atoms with van der Waals surface area (Å²) in [5.41, 5.74) is 14.9. The van der Waals surface area contributed by atoms with Crippen molar-refractivity contribution in [3.8, 4) is 33.4 Å². The van der Waals surface area contributed by atoms with Gasteiger partial charge in [-0.1, -0.05) is 157 Å². The van der Waals surface area contributed by atoms with Crippen molar-refractivity contribution in [2.24, 2.45) is 5.41 Å². The number of hydrogen-bond donors (Lipinski definition) is 0. The number of hydrogen-bond acceptors (Lipinski definition) is 3. The quantitative estimate of drug-likeness (QED) is 0.167. The molecule has 0 bridgehead atoms. The predicted molar refractivity (Wildman–Crippen MR) is 257 cm³/mol. The third kappa shape index (κ3) is 5.38. The van der Waals surface area contributed by atoms with Crippen LogP contribution in [0.4, 0.5) is 17.1 Å². The van der Waals surface area contributed by atoms with Gasteiger partial charge in [-0.15, -0.1) is 11.3 Å². The number of rotatable bonds is 6. The first-order valence-electron chi connectivity index (χ1n) is 21.1. The van der Waals surface area contributed by atoms with Crippen LogP contribution in [0.3, 0.4) is 0 Å². The Morgan fingerprint density at radius 3 is 1.78 bits per heavy atom. The van der Waals surface area contributed by atoms with Gasteiger partial charge in [-0.05, 0) is 110 Å². The topological polar surface area (TPSA) is 16.4 Å². The van der Waals surface area contributed by atoms with Crippen molar-refractivity contribution in [3.05, 3.63) is 187 Å². The van der Waals surface area contributed by atoms with Crippen LogP contribution in [-0.4, -0.2) is 0 Å². The smallest absolute Gasteiger partial charge is 0.143 e. The van der Waals surface area contributed by atoms with Gasteiger partial charge < -0.3 is 9.32 Å². The molecule has 0 saturated carbocycles. The Morgan fingerprint density at radius 1 is 0.417 bits per heavy atom. The predicted octanol–water partition coefficient (Wildman–Crippen LogP) is 17.0. The molecule has 1 aliphatic carbocycles. The van der Waals surface area contributed by atoms with Crippen LogP contribution in [0.25, 0.3) is 75.5 Å². The molecule has 0 unspecified atom stereocenters. The summed E-state index contributed by atoms with van der Waals surface area (Å²) in [5.74, 6) is 0. The average molecular weight is 794 g/mol. The fourth-order valence-electron chi connectivity index (χ4n) is 10.0. The van der Waals surface area contributed by atoms with Gasteiger partial charge in [0, 0.05) is 53.4 Å². The van der Waals surface area contributed by atoms with Crippen molar-refractivity contribution in [1.29, 1.82) is 0 Å². The zero-order valence-electron chi connectivity index (χ0n) is 35.0. The van der Waals surface area contributed by atoms with Crippen molar-refractivity contribution in [1.82, 2.24) is 0 Å². The average Bonchev–Trinajstić information content (AvgIpc) is 3.87. The fraction of sp³-hybridized carbons (Fsp3) is 0.158. The van der Waals surface area contributed by atoms with E-state index in [1.807, 2.05) is 17.4 Å². The van der Waals surface area contributed by atoms with E-state index < -0.39 is 0 Å². The SMILES string of the molecule is CC1(C)c2cc(-c3cccc(-c4cccc5c4oc4ccccc45)c3)c(N(c3ccc(-c4ccccc4)cc3)c3ccc4sc5ccccc5c4c3)cc2C(C)(C)C1(C)C. The van der Waals surface area contributed by atoms with Gasteiger partial charge in [0.1, 0.15) is 11.2 Å². The second-order valence-corrected chi connectivity index (χ2v) is 19.3. The lowest BCUT2D eigenvalue weighted by atomic mass is 9.59. The molecule has 8 aromatic carbocycles. The molecule has 0 saturated heterocycles. The van der Waals surface area contributed by atoms with Gasteiger partial charge in [0.05, 0.1) is 5.69 Å². The van der Waals surface area contributed by atoms with E-state index in [0.29, 0.717) is 0 Å². The van der Waals surface area contributed by atoms with Gasteiger partial charge in [0.2, 0.25) is 0 Å². The van der Waals surface area contributed by atoms with Gasteiger partial charge >= 0.3 is 0 Å². The number of furan rings is 1. The molecule has 0 atom stereocenters. The van der Waals surface area contributed by atoms with E-state index in [9.17, 15) is 0 Å². The largest absolute Gasteiger partial charge is 0.455 e. The highest BCUT2D eigenvalue weighted by Gasteiger charge is 2.57. The molecule has 0 radical (unpaired) electrons. The van der Waals surface area contributed by atoms with E-state index in [-0.39, 0.29) is 16.2 Å². The molecule has 0 fully saturated rings. The number of thiophene rings is 1. The van der Waals surface area contributed by atoms with E-state index in [0.717, 1.165) is 44.4 Å². The maximum Gasteiger partial charge on any atom is 0.143 e. The number of fused-ring (bicyclic) bond motifs is 7. The molecule has 0 N–H and O–H groups in total. The second kappa shape index (κ2) is 13.3. The molecule has 2 aromatic heterocycles. The van der Waals surface area contributed by atoms with Crippen LogP contribution in [0.5, 0.6) is 0 Å².